The monoisotopic (exact) mass is 272 g/mol. The number of aliphatic hydroxyl groups is 1. The summed E-state index contributed by atoms with van der Waals surface area (Å²) in [4.78, 5) is 30.3. The fraction of sp³-hybridized carbons (Fsp3) is 0.571. The van der Waals surface area contributed by atoms with E-state index >= 15 is 0 Å². The standard InChI is InChI=1S/C7H10O7.3Na/c8-4(9)1-2-7(14,6(12)13)3-5(10)11;;;/h14H,1-3H2,(H,8,9)(H,10,11)(H,12,13);;;/q;3*+1/p-3. The van der Waals surface area contributed by atoms with Gasteiger partial charge in [0.15, 0.2) is 0 Å². The number of carboxylic acid groups (broad SMARTS) is 3. The smallest absolute Gasteiger partial charge is 0.550 e. The number of carboxylic acids is 3. The van der Waals surface area contributed by atoms with Gasteiger partial charge in [0.2, 0.25) is 0 Å². The van der Waals surface area contributed by atoms with Crippen molar-refractivity contribution in [3.63, 3.8) is 0 Å². The summed E-state index contributed by atoms with van der Waals surface area (Å²) in [6.45, 7) is 0. The molecule has 0 rings (SSSR count). The van der Waals surface area contributed by atoms with E-state index in [0.29, 0.717) is 0 Å². The molecule has 0 aliphatic carbocycles. The van der Waals surface area contributed by atoms with E-state index in [1.165, 1.54) is 0 Å². The minimum Gasteiger partial charge on any atom is -0.550 e. The molecular formula is C7H7Na3O7. The molecule has 1 N–H and O–H groups in total. The molecule has 0 saturated heterocycles. The average Bonchev–Trinajstić information content (AvgIpc) is 1.99. The molecule has 0 spiro atoms. The Morgan fingerprint density at radius 2 is 1.35 bits per heavy atom. The summed E-state index contributed by atoms with van der Waals surface area (Å²) in [5, 5.41) is 39.4. The van der Waals surface area contributed by atoms with E-state index in [1.54, 1.807) is 0 Å². The summed E-state index contributed by atoms with van der Waals surface area (Å²) in [5.74, 6) is -5.46. The first kappa shape index (κ1) is 26.8. The van der Waals surface area contributed by atoms with Gasteiger partial charge in [0.1, 0.15) is 5.60 Å². The van der Waals surface area contributed by atoms with Gasteiger partial charge in [-0.2, -0.15) is 0 Å². The summed E-state index contributed by atoms with van der Waals surface area (Å²) < 4.78 is 0. The molecular weight excluding hydrogens is 265 g/mol. The zero-order chi connectivity index (χ0) is 11.4. The van der Waals surface area contributed by atoms with Gasteiger partial charge in [0.05, 0.1) is 5.97 Å². The summed E-state index contributed by atoms with van der Waals surface area (Å²) in [7, 11) is 0. The third-order valence-electron chi connectivity index (χ3n) is 1.56. The number of aliphatic carboxylic acids is 3. The first-order chi connectivity index (χ1) is 6.28. The number of carbonyl (C=O) groups is 3. The molecule has 0 amide bonds. The second kappa shape index (κ2) is 12.4. The Balaban J connectivity index is -0.000000282. The normalized spacial score (nSPS) is 11.8. The van der Waals surface area contributed by atoms with Crippen LogP contribution >= 0.6 is 0 Å². The minimum absolute atomic E-state index is 0. The van der Waals surface area contributed by atoms with Crippen LogP contribution in [0, 0.1) is 0 Å². The van der Waals surface area contributed by atoms with Gasteiger partial charge >= 0.3 is 88.7 Å². The maximum atomic E-state index is 10.3. The van der Waals surface area contributed by atoms with Crippen LogP contribution in [0.5, 0.6) is 0 Å². The van der Waals surface area contributed by atoms with Crippen LogP contribution < -0.4 is 104 Å². The van der Waals surface area contributed by atoms with Crippen molar-refractivity contribution in [3.8, 4) is 0 Å². The molecule has 7 nitrogen and oxygen atoms in total. The van der Waals surface area contributed by atoms with E-state index in [-0.39, 0.29) is 88.7 Å². The van der Waals surface area contributed by atoms with Gasteiger partial charge in [-0.15, -0.1) is 0 Å². The van der Waals surface area contributed by atoms with Crippen molar-refractivity contribution in [2.24, 2.45) is 0 Å². The van der Waals surface area contributed by atoms with Crippen molar-refractivity contribution < 1.29 is 123 Å². The molecule has 10 heteroatoms. The second-order valence-electron chi connectivity index (χ2n) is 2.74. The van der Waals surface area contributed by atoms with Crippen LogP contribution in [-0.4, -0.2) is 28.6 Å². The van der Waals surface area contributed by atoms with Crippen molar-refractivity contribution in [3.05, 3.63) is 0 Å². The molecule has 0 aromatic carbocycles. The number of hydrogen-bond acceptors (Lipinski definition) is 7. The molecule has 0 aromatic heterocycles. The Morgan fingerprint density at radius 1 is 0.941 bits per heavy atom. The summed E-state index contributed by atoms with van der Waals surface area (Å²) in [6, 6.07) is 0. The Bertz CT molecular complexity index is 270. The molecule has 80 valence electrons. The van der Waals surface area contributed by atoms with Crippen LogP contribution in [-0.2, 0) is 14.4 Å². The zero-order valence-corrected chi connectivity index (χ0v) is 16.0. The number of hydrogen-bond donors (Lipinski definition) is 1. The van der Waals surface area contributed by atoms with Crippen LogP contribution in [0.4, 0.5) is 0 Å². The van der Waals surface area contributed by atoms with Gasteiger partial charge in [-0.3, -0.25) is 0 Å². The Morgan fingerprint density at radius 3 is 1.59 bits per heavy atom. The Kier molecular flexibility index (Phi) is 19.6. The first-order valence-electron chi connectivity index (χ1n) is 3.61. The third-order valence-corrected chi connectivity index (χ3v) is 1.56. The maximum Gasteiger partial charge on any atom is 1.00 e. The van der Waals surface area contributed by atoms with Gasteiger partial charge in [0, 0.05) is 18.4 Å². The van der Waals surface area contributed by atoms with E-state index in [2.05, 4.69) is 0 Å². The van der Waals surface area contributed by atoms with Crippen molar-refractivity contribution in [1.82, 2.24) is 0 Å². The summed E-state index contributed by atoms with van der Waals surface area (Å²) >= 11 is 0. The SMILES string of the molecule is O=C([O-])CCC(O)(CC(=O)[O-])C(=O)[O-].[Na+].[Na+].[Na+]. The molecule has 1 unspecified atom stereocenters. The Labute approximate surface area is 164 Å². The fourth-order valence-electron chi connectivity index (χ4n) is 0.810. The fourth-order valence-corrected chi connectivity index (χ4v) is 0.810. The second-order valence-corrected chi connectivity index (χ2v) is 2.74. The molecule has 0 fully saturated rings. The van der Waals surface area contributed by atoms with Crippen LogP contribution in [0.15, 0.2) is 0 Å². The third kappa shape index (κ3) is 12.2. The van der Waals surface area contributed by atoms with Crippen LogP contribution in [0.2, 0.25) is 0 Å². The van der Waals surface area contributed by atoms with Crippen LogP contribution in [0.1, 0.15) is 19.3 Å². The first-order valence-corrected chi connectivity index (χ1v) is 3.61. The van der Waals surface area contributed by atoms with E-state index in [9.17, 15) is 29.7 Å². The molecule has 0 saturated carbocycles. The maximum absolute atomic E-state index is 10.3. The van der Waals surface area contributed by atoms with Crippen LogP contribution in [0.3, 0.4) is 0 Å². The van der Waals surface area contributed by atoms with Gasteiger partial charge < -0.3 is 34.8 Å². The average molecular weight is 272 g/mol. The van der Waals surface area contributed by atoms with Crippen LogP contribution in [0.25, 0.3) is 0 Å². The predicted molar refractivity (Wildman–Crippen MR) is 33.8 cm³/mol. The Hall–Kier alpha value is 1.37. The number of rotatable bonds is 6. The molecule has 0 aliphatic rings. The largest absolute Gasteiger partial charge is 1.00 e. The molecule has 1 atom stereocenters. The molecule has 0 heterocycles. The van der Waals surface area contributed by atoms with E-state index in [0.717, 1.165) is 0 Å². The molecule has 0 bridgehead atoms. The van der Waals surface area contributed by atoms with Crippen molar-refractivity contribution in [1.29, 1.82) is 0 Å². The van der Waals surface area contributed by atoms with E-state index < -0.39 is 42.8 Å². The predicted octanol–water partition coefficient (Wildman–Crippen LogP) is -13.9. The van der Waals surface area contributed by atoms with Crippen molar-refractivity contribution in [2.75, 3.05) is 0 Å². The minimum atomic E-state index is -2.72. The summed E-state index contributed by atoms with van der Waals surface area (Å²) in [5.41, 5.74) is -2.72. The van der Waals surface area contributed by atoms with E-state index in [4.69, 9.17) is 5.11 Å². The summed E-state index contributed by atoms with van der Waals surface area (Å²) in [6.07, 6.45) is -2.80. The van der Waals surface area contributed by atoms with Gasteiger partial charge in [-0.25, -0.2) is 0 Å². The van der Waals surface area contributed by atoms with Gasteiger partial charge in [-0.1, -0.05) is 0 Å². The number of carbonyl (C=O) groups excluding carboxylic acids is 3. The van der Waals surface area contributed by atoms with Gasteiger partial charge in [0.25, 0.3) is 0 Å². The molecule has 17 heavy (non-hydrogen) atoms. The molecule has 0 aromatic rings. The zero-order valence-electron chi connectivity index (χ0n) is 10.0. The molecule has 0 radical (unpaired) electrons. The topological polar surface area (TPSA) is 141 Å². The quantitative estimate of drug-likeness (QED) is 0.473. The van der Waals surface area contributed by atoms with E-state index in [1.807, 2.05) is 0 Å². The van der Waals surface area contributed by atoms with Crippen molar-refractivity contribution >= 4 is 17.9 Å². The molecule has 0 aliphatic heterocycles. The van der Waals surface area contributed by atoms with Gasteiger partial charge in [-0.05, 0) is 12.8 Å². The van der Waals surface area contributed by atoms with Crippen molar-refractivity contribution in [2.45, 2.75) is 24.9 Å².